The Morgan fingerprint density at radius 2 is 2.12 bits per heavy atom. The summed E-state index contributed by atoms with van der Waals surface area (Å²) in [6.45, 7) is 3.80. The maximum absolute atomic E-state index is 12.2. The number of hydrogen-bond donors (Lipinski definition) is 0. The summed E-state index contributed by atoms with van der Waals surface area (Å²) in [6.07, 6.45) is 6.39. The Hall–Kier alpha value is -2.65. The van der Waals surface area contributed by atoms with Gasteiger partial charge in [-0.2, -0.15) is 4.98 Å². The fourth-order valence-electron chi connectivity index (χ4n) is 4.02. The van der Waals surface area contributed by atoms with E-state index in [1.54, 1.807) is 6.92 Å². The molecule has 0 saturated carbocycles. The second-order valence-electron chi connectivity index (χ2n) is 8.25. The van der Waals surface area contributed by atoms with E-state index < -0.39 is 0 Å². The first-order chi connectivity index (χ1) is 16.2. The molecule has 33 heavy (non-hydrogen) atoms. The predicted molar refractivity (Wildman–Crippen MR) is 117 cm³/mol. The van der Waals surface area contributed by atoms with Crippen molar-refractivity contribution in [3.8, 4) is 11.5 Å². The number of aromatic nitrogens is 2. The van der Waals surface area contributed by atoms with Gasteiger partial charge in [0.15, 0.2) is 23.6 Å². The summed E-state index contributed by atoms with van der Waals surface area (Å²) in [4.78, 5) is 16.7. The van der Waals surface area contributed by atoms with E-state index in [4.69, 9.17) is 28.2 Å². The average Bonchev–Trinajstić information content (AvgIpc) is 3.48. The SMILES string of the molecule is CCOC(=O)CC(Cc1nc(CCCCOC2CCCCO2)no1)c1ccc2c(c1)OCO2. The van der Waals surface area contributed by atoms with Crippen LogP contribution in [0.2, 0.25) is 0 Å². The maximum atomic E-state index is 12.2. The molecule has 1 fully saturated rings. The molecule has 2 aliphatic rings. The summed E-state index contributed by atoms with van der Waals surface area (Å²) in [5.74, 6) is 2.11. The van der Waals surface area contributed by atoms with Gasteiger partial charge in [0.05, 0.1) is 13.0 Å². The molecule has 2 aromatic rings. The van der Waals surface area contributed by atoms with Crippen molar-refractivity contribution in [3.63, 3.8) is 0 Å². The van der Waals surface area contributed by atoms with Crippen LogP contribution >= 0.6 is 0 Å². The number of benzene rings is 1. The number of esters is 1. The van der Waals surface area contributed by atoms with Crippen LogP contribution in [-0.2, 0) is 31.8 Å². The highest BCUT2D eigenvalue weighted by atomic mass is 16.7. The van der Waals surface area contributed by atoms with Crippen LogP contribution in [0.1, 0.15) is 68.6 Å². The lowest BCUT2D eigenvalue weighted by molar-refractivity contribution is -0.162. The van der Waals surface area contributed by atoms with Gasteiger partial charge in [-0.3, -0.25) is 4.79 Å². The Kier molecular flexibility index (Phi) is 8.54. The highest BCUT2D eigenvalue weighted by Crippen LogP contribution is 2.36. The zero-order valence-electron chi connectivity index (χ0n) is 19.1. The molecular formula is C24H32N2O7. The second kappa shape index (κ2) is 12.0. The van der Waals surface area contributed by atoms with E-state index in [2.05, 4.69) is 10.1 Å². The number of unbranched alkanes of at least 4 members (excludes halogenated alkanes) is 1. The van der Waals surface area contributed by atoms with Gasteiger partial charge in [0.25, 0.3) is 0 Å². The topological polar surface area (TPSA) is 102 Å². The molecule has 0 N–H and O–H groups in total. The minimum atomic E-state index is -0.262. The van der Waals surface area contributed by atoms with Crippen molar-refractivity contribution in [2.75, 3.05) is 26.6 Å². The van der Waals surface area contributed by atoms with E-state index in [1.807, 2.05) is 18.2 Å². The van der Waals surface area contributed by atoms with E-state index in [1.165, 1.54) is 6.42 Å². The fourth-order valence-corrected chi connectivity index (χ4v) is 4.02. The van der Waals surface area contributed by atoms with Crippen LogP contribution in [0.4, 0.5) is 0 Å². The van der Waals surface area contributed by atoms with Crippen molar-refractivity contribution in [2.45, 2.75) is 70.5 Å². The zero-order valence-corrected chi connectivity index (χ0v) is 19.1. The van der Waals surface area contributed by atoms with Crippen LogP contribution in [0, 0.1) is 0 Å². The Labute approximate surface area is 193 Å². The zero-order chi connectivity index (χ0) is 22.9. The molecule has 2 aliphatic heterocycles. The summed E-state index contributed by atoms with van der Waals surface area (Å²) in [5.41, 5.74) is 0.939. The van der Waals surface area contributed by atoms with Crippen LogP contribution in [0.5, 0.6) is 11.5 Å². The fraction of sp³-hybridized carbons (Fsp3) is 0.625. The molecule has 0 spiro atoms. The van der Waals surface area contributed by atoms with Crippen molar-refractivity contribution in [2.24, 2.45) is 0 Å². The first-order valence-corrected chi connectivity index (χ1v) is 11.8. The van der Waals surface area contributed by atoms with Gasteiger partial charge in [-0.1, -0.05) is 11.2 Å². The first kappa shape index (κ1) is 23.5. The average molecular weight is 461 g/mol. The smallest absolute Gasteiger partial charge is 0.306 e. The second-order valence-corrected chi connectivity index (χ2v) is 8.25. The summed E-state index contributed by atoms with van der Waals surface area (Å²) < 4.78 is 32.9. The van der Waals surface area contributed by atoms with Crippen molar-refractivity contribution < 1.29 is 33.0 Å². The molecule has 9 heteroatoms. The summed E-state index contributed by atoms with van der Waals surface area (Å²) in [5, 5.41) is 4.11. The molecule has 2 unspecified atom stereocenters. The third-order valence-electron chi connectivity index (χ3n) is 5.75. The summed E-state index contributed by atoms with van der Waals surface area (Å²) in [7, 11) is 0. The van der Waals surface area contributed by atoms with E-state index in [9.17, 15) is 4.79 Å². The monoisotopic (exact) mass is 460 g/mol. The van der Waals surface area contributed by atoms with E-state index >= 15 is 0 Å². The lowest BCUT2D eigenvalue weighted by atomic mass is 9.92. The van der Waals surface area contributed by atoms with Gasteiger partial charge in [-0.15, -0.1) is 0 Å². The molecule has 9 nitrogen and oxygen atoms in total. The molecule has 1 saturated heterocycles. The highest BCUT2D eigenvalue weighted by molar-refractivity contribution is 5.70. The van der Waals surface area contributed by atoms with Gasteiger partial charge in [0, 0.05) is 32.0 Å². The predicted octanol–water partition coefficient (Wildman–Crippen LogP) is 3.94. The van der Waals surface area contributed by atoms with E-state index in [-0.39, 0.29) is 31.4 Å². The Morgan fingerprint density at radius 1 is 1.21 bits per heavy atom. The number of hydrogen-bond acceptors (Lipinski definition) is 9. The highest BCUT2D eigenvalue weighted by Gasteiger charge is 2.24. The number of carbonyl (C=O) groups excluding carboxylic acids is 1. The van der Waals surface area contributed by atoms with E-state index in [0.29, 0.717) is 49.3 Å². The third-order valence-corrected chi connectivity index (χ3v) is 5.75. The quantitative estimate of drug-likeness (QED) is 0.344. The first-order valence-electron chi connectivity index (χ1n) is 11.8. The van der Waals surface area contributed by atoms with Crippen molar-refractivity contribution in [1.82, 2.24) is 10.1 Å². The van der Waals surface area contributed by atoms with Gasteiger partial charge >= 0.3 is 5.97 Å². The molecule has 0 amide bonds. The van der Waals surface area contributed by atoms with Crippen LogP contribution < -0.4 is 9.47 Å². The largest absolute Gasteiger partial charge is 0.466 e. The van der Waals surface area contributed by atoms with Crippen molar-refractivity contribution >= 4 is 5.97 Å². The van der Waals surface area contributed by atoms with Gasteiger partial charge in [0.1, 0.15) is 0 Å². The van der Waals surface area contributed by atoms with Crippen LogP contribution in [-0.4, -0.2) is 49.0 Å². The lowest BCUT2D eigenvalue weighted by Gasteiger charge is -2.22. The van der Waals surface area contributed by atoms with Crippen molar-refractivity contribution in [1.29, 1.82) is 0 Å². The number of aryl methyl sites for hydroxylation is 1. The number of fused-ring (bicyclic) bond motifs is 1. The molecular weight excluding hydrogens is 428 g/mol. The minimum absolute atomic E-state index is 0.0527. The third kappa shape index (κ3) is 6.91. The molecule has 1 aromatic heterocycles. The van der Waals surface area contributed by atoms with Crippen LogP contribution in [0.3, 0.4) is 0 Å². The standard InChI is InChI=1S/C24H32N2O7/c1-2-28-23(27)15-18(17-9-10-19-20(13-17)32-16-31-19)14-22-25-21(26-33-22)7-3-5-11-29-24-8-4-6-12-30-24/h9-10,13,18,24H,2-8,11-12,14-16H2,1H3. The molecule has 1 aromatic carbocycles. The molecule has 0 radical (unpaired) electrons. The number of rotatable bonds is 12. The van der Waals surface area contributed by atoms with Gasteiger partial charge in [-0.25, -0.2) is 0 Å². The molecule has 3 heterocycles. The van der Waals surface area contributed by atoms with Gasteiger partial charge in [0.2, 0.25) is 12.7 Å². The maximum Gasteiger partial charge on any atom is 0.306 e. The number of ether oxygens (including phenoxy) is 5. The normalized spacial score (nSPS) is 18.3. The van der Waals surface area contributed by atoms with Crippen molar-refractivity contribution in [3.05, 3.63) is 35.5 Å². The Bertz CT molecular complexity index is 895. The lowest BCUT2D eigenvalue weighted by Crippen LogP contribution is -2.22. The van der Waals surface area contributed by atoms with Gasteiger partial charge in [-0.05, 0) is 56.7 Å². The minimum Gasteiger partial charge on any atom is -0.466 e. The molecule has 2 atom stereocenters. The summed E-state index contributed by atoms with van der Waals surface area (Å²) in [6, 6.07) is 5.69. The molecule has 4 rings (SSSR count). The Balaban J connectivity index is 1.29. The van der Waals surface area contributed by atoms with Crippen LogP contribution in [0.25, 0.3) is 0 Å². The van der Waals surface area contributed by atoms with Gasteiger partial charge < -0.3 is 28.2 Å². The molecule has 0 bridgehead atoms. The Morgan fingerprint density at radius 3 is 2.97 bits per heavy atom. The summed E-state index contributed by atoms with van der Waals surface area (Å²) >= 11 is 0. The number of carbonyl (C=O) groups is 1. The van der Waals surface area contributed by atoms with Crippen LogP contribution in [0.15, 0.2) is 22.7 Å². The van der Waals surface area contributed by atoms with E-state index in [0.717, 1.165) is 37.9 Å². The molecule has 180 valence electrons. The number of nitrogens with zero attached hydrogens (tertiary/aromatic N) is 2. The molecule has 0 aliphatic carbocycles.